The van der Waals surface area contributed by atoms with Crippen molar-refractivity contribution >= 4 is 24.2 Å². The van der Waals surface area contributed by atoms with Crippen LogP contribution in [0.3, 0.4) is 0 Å². The van der Waals surface area contributed by atoms with Crippen molar-refractivity contribution in [3.8, 4) is 0 Å². The van der Waals surface area contributed by atoms with Crippen LogP contribution in [-0.2, 0) is 4.79 Å². The molecule has 0 aliphatic heterocycles. The van der Waals surface area contributed by atoms with Crippen LogP contribution in [0.5, 0.6) is 0 Å². The molecular formula is C8H16OSn. The van der Waals surface area contributed by atoms with Gasteiger partial charge in [-0.25, -0.2) is 0 Å². The van der Waals surface area contributed by atoms with Crippen molar-refractivity contribution in [3.63, 3.8) is 0 Å². The molecule has 1 rings (SSSR count). The molecule has 0 spiro atoms. The van der Waals surface area contributed by atoms with Gasteiger partial charge in [-0.3, -0.25) is 0 Å². The summed E-state index contributed by atoms with van der Waals surface area (Å²) in [5.74, 6) is 0.511. The van der Waals surface area contributed by atoms with Gasteiger partial charge < -0.3 is 0 Å². The standard InChI is InChI=1S/C5H7O.3CH3.Sn/c6-5-3-1-2-4-5;;;;/h1H,2-4H2;3*1H3;. The van der Waals surface area contributed by atoms with Crippen LogP contribution in [0.15, 0.2) is 0 Å². The molecule has 0 aromatic carbocycles. The summed E-state index contributed by atoms with van der Waals surface area (Å²) >= 11 is -1.67. The number of carbonyl (C=O) groups excluding carboxylic acids is 1. The Morgan fingerprint density at radius 2 is 2.00 bits per heavy atom. The quantitative estimate of drug-likeness (QED) is 0.650. The molecule has 0 saturated heterocycles. The van der Waals surface area contributed by atoms with Gasteiger partial charge >= 0.3 is 67.0 Å². The molecule has 0 radical (unpaired) electrons. The van der Waals surface area contributed by atoms with Crippen LogP contribution >= 0.6 is 0 Å². The van der Waals surface area contributed by atoms with Gasteiger partial charge in [0.25, 0.3) is 0 Å². The molecule has 0 N–H and O–H groups in total. The molecule has 1 saturated carbocycles. The second kappa shape index (κ2) is 2.84. The summed E-state index contributed by atoms with van der Waals surface area (Å²) in [5.41, 5.74) is 0. The second-order valence-corrected chi connectivity index (χ2v) is 20.2. The fraction of sp³-hybridized carbons (Fsp3) is 0.875. The monoisotopic (exact) mass is 248 g/mol. The van der Waals surface area contributed by atoms with Gasteiger partial charge in [-0.2, -0.15) is 0 Å². The van der Waals surface area contributed by atoms with E-state index in [0.717, 1.165) is 16.8 Å². The molecule has 1 aliphatic carbocycles. The number of hydrogen-bond donors (Lipinski definition) is 0. The van der Waals surface area contributed by atoms with Crippen LogP contribution in [0.25, 0.3) is 0 Å². The molecule has 10 heavy (non-hydrogen) atoms. The van der Waals surface area contributed by atoms with Gasteiger partial charge in [0.15, 0.2) is 0 Å². The van der Waals surface area contributed by atoms with Gasteiger partial charge in [0.2, 0.25) is 0 Å². The molecule has 58 valence electrons. The molecule has 1 atom stereocenters. The molecule has 2 heteroatoms. The number of hydrogen-bond acceptors (Lipinski definition) is 1. The summed E-state index contributed by atoms with van der Waals surface area (Å²) in [6.45, 7) is 0. The van der Waals surface area contributed by atoms with Gasteiger partial charge in [0, 0.05) is 0 Å². The van der Waals surface area contributed by atoms with E-state index in [9.17, 15) is 4.79 Å². The van der Waals surface area contributed by atoms with Crippen LogP contribution < -0.4 is 0 Å². The van der Waals surface area contributed by atoms with E-state index in [-0.39, 0.29) is 0 Å². The van der Waals surface area contributed by atoms with Crippen LogP contribution in [0.4, 0.5) is 0 Å². The maximum absolute atomic E-state index is 10.9. The minimum atomic E-state index is -1.67. The van der Waals surface area contributed by atoms with Crippen molar-refractivity contribution in [2.24, 2.45) is 0 Å². The first-order valence-electron chi connectivity index (χ1n) is 4.02. The zero-order valence-electron chi connectivity index (χ0n) is 7.11. The Kier molecular flexibility index (Phi) is 2.43. The zero-order valence-corrected chi connectivity index (χ0v) is 9.96. The number of ketones is 1. The Bertz CT molecular complexity index is 146. The fourth-order valence-electron chi connectivity index (χ4n) is 1.55. The van der Waals surface area contributed by atoms with Gasteiger partial charge in [0.05, 0.1) is 0 Å². The normalized spacial score (nSPS) is 27.5. The van der Waals surface area contributed by atoms with Gasteiger partial charge in [0.1, 0.15) is 0 Å². The Hall–Kier alpha value is 0.469. The summed E-state index contributed by atoms with van der Waals surface area (Å²) in [4.78, 5) is 18.2. The summed E-state index contributed by atoms with van der Waals surface area (Å²) in [7, 11) is 0. The molecule has 1 fully saturated rings. The molecule has 0 aromatic heterocycles. The van der Waals surface area contributed by atoms with Crippen molar-refractivity contribution in [1.29, 1.82) is 0 Å². The predicted molar refractivity (Wildman–Crippen MR) is 46.0 cm³/mol. The molecule has 0 heterocycles. The third-order valence-corrected chi connectivity index (χ3v) is 10.9. The third-order valence-electron chi connectivity index (χ3n) is 2.47. The van der Waals surface area contributed by atoms with Crippen LogP contribution in [0.1, 0.15) is 19.3 Å². The molecular weight excluding hydrogens is 231 g/mol. The van der Waals surface area contributed by atoms with E-state index in [2.05, 4.69) is 14.8 Å². The Morgan fingerprint density at radius 1 is 1.40 bits per heavy atom. The van der Waals surface area contributed by atoms with E-state index < -0.39 is 18.4 Å². The first-order valence-corrected chi connectivity index (χ1v) is 14.2. The molecule has 0 amide bonds. The SMILES string of the molecule is [CH3][Sn]([CH3])([CH3])[CH]1CCC(=O)C1. The van der Waals surface area contributed by atoms with Crippen molar-refractivity contribution in [2.75, 3.05) is 0 Å². The Balaban J connectivity index is 2.53. The van der Waals surface area contributed by atoms with Crippen LogP contribution in [-0.4, -0.2) is 24.2 Å². The number of rotatable bonds is 1. The minimum absolute atomic E-state index is 0.511. The Labute approximate surface area is 67.1 Å². The average Bonchev–Trinajstić information content (AvgIpc) is 2.11. The van der Waals surface area contributed by atoms with E-state index in [4.69, 9.17) is 0 Å². The first kappa shape index (κ1) is 8.56. The van der Waals surface area contributed by atoms with Crippen molar-refractivity contribution in [1.82, 2.24) is 0 Å². The van der Waals surface area contributed by atoms with Crippen molar-refractivity contribution in [2.45, 2.75) is 38.0 Å². The van der Waals surface area contributed by atoms with Crippen molar-refractivity contribution in [3.05, 3.63) is 0 Å². The number of Topliss-reactive ketones (excluding diaryl/α,β-unsaturated/α-hetero) is 1. The van der Waals surface area contributed by atoms with E-state index in [0.29, 0.717) is 5.78 Å². The van der Waals surface area contributed by atoms with Gasteiger partial charge in [-0.05, 0) is 0 Å². The Morgan fingerprint density at radius 3 is 2.20 bits per heavy atom. The molecule has 0 bridgehead atoms. The number of carbonyl (C=O) groups is 1. The predicted octanol–water partition coefficient (Wildman–Crippen LogP) is 2.45. The average molecular weight is 247 g/mol. The van der Waals surface area contributed by atoms with E-state index in [1.165, 1.54) is 6.42 Å². The zero-order chi connectivity index (χ0) is 7.78. The van der Waals surface area contributed by atoms with E-state index >= 15 is 0 Å². The third kappa shape index (κ3) is 1.97. The summed E-state index contributed by atoms with van der Waals surface area (Å²) < 4.78 is 0.849. The second-order valence-electron chi connectivity index (χ2n) is 4.34. The van der Waals surface area contributed by atoms with Gasteiger partial charge in [-0.15, -0.1) is 0 Å². The fourth-order valence-corrected chi connectivity index (χ4v) is 6.83. The molecule has 1 aliphatic rings. The molecule has 1 unspecified atom stereocenters. The van der Waals surface area contributed by atoms with Crippen molar-refractivity contribution < 1.29 is 4.79 Å². The van der Waals surface area contributed by atoms with E-state index in [1.807, 2.05) is 0 Å². The topological polar surface area (TPSA) is 17.1 Å². The summed E-state index contributed by atoms with van der Waals surface area (Å²) in [5, 5.41) is 0. The molecule has 1 nitrogen and oxygen atoms in total. The summed E-state index contributed by atoms with van der Waals surface area (Å²) in [6, 6.07) is 0. The van der Waals surface area contributed by atoms with Gasteiger partial charge in [-0.1, -0.05) is 0 Å². The summed E-state index contributed by atoms with van der Waals surface area (Å²) in [6.07, 6.45) is 3.00. The molecule has 0 aromatic rings. The van der Waals surface area contributed by atoms with Crippen LogP contribution in [0, 0.1) is 0 Å². The van der Waals surface area contributed by atoms with Crippen LogP contribution in [0.2, 0.25) is 18.8 Å². The first-order chi connectivity index (χ1) is 4.50. The maximum atomic E-state index is 10.9. The van der Waals surface area contributed by atoms with E-state index in [1.54, 1.807) is 0 Å².